The minimum absolute atomic E-state index is 0.0737. The minimum Gasteiger partial charge on any atom is -0.490 e. The second kappa shape index (κ2) is 12.1. The van der Waals surface area contributed by atoms with E-state index in [-0.39, 0.29) is 43.0 Å². The highest BCUT2D eigenvalue weighted by atomic mass is 79.9. The molecule has 2 aliphatic rings. The van der Waals surface area contributed by atoms with Crippen molar-refractivity contribution in [2.75, 3.05) is 6.54 Å². The molecule has 2 aromatic heterocycles. The van der Waals surface area contributed by atoms with Crippen molar-refractivity contribution >= 4 is 39.3 Å². The minimum atomic E-state index is -0.435. The molecule has 12 heteroatoms. The number of imidazole rings is 1. The van der Waals surface area contributed by atoms with E-state index in [0.29, 0.717) is 38.7 Å². The molecule has 228 valence electrons. The summed E-state index contributed by atoms with van der Waals surface area (Å²) < 4.78 is 11.3. The van der Waals surface area contributed by atoms with Crippen LogP contribution >= 0.6 is 27.5 Å². The summed E-state index contributed by atoms with van der Waals surface area (Å²) in [4.78, 5) is 43.2. The predicted molar refractivity (Wildman–Crippen MR) is 172 cm³/mol. The second-order valence-corrected chi connectivity index (χ2v) is 12.3. The van der Waals surface area contributed by atoms with Gasteiger partial charge in [-0.3, -0.25) is 18.7 Å². The maximum absolute atomic E-state index is 14.1. The maximum atomic E-state index is 14.1. The van der Waals surface area contributed by atoms with Crippen LogP contribution in [0, 0.1) is 0 Å². The van der Waals surface area contributed by atoms with Crippen molar-refractivity contribution in [3.8, 4) is 17.1 Å². The quantitative estimate of drug-likeness (QED) is 0.237. The summed E-state index contributed by atoms with van der Waals surface area (Å²) in [7, 11) is 0. The van der Waals surface area contributed by atoms with Gasteiger partial charge in [0.25, 0.3) is 11.8 Å². The smallest absolute Gasteiger partial charge is 0.333 e. The van der Waals surface area contributed by atoms with E-state index in [9.17, 15) is 14.4 Å². The topological polar surface area (TPSA) is 103 Å². The summed E-state index contributed by atoms with van der Waals surface area (Å²) in [5, 5.41) is 7.78. The molecule has 1 fully saturated rings. The van der Waals surface area contributed by atoms with Crippen LogP contribution in [0.1, 0.15) is 44.9 Å². The van der Waals surface area contributed by atoms with Crippen LogP contribution in [-0.2, 0) is 19.6 Å². The third kappa shape index (κ3) is 5.81. The number of rotatable bonds is 8. The van der Waals surface area contributed by atoms with Crippen LogP contribution in [0.4, 0.5) is 0 Å². The molecule has 1 aliphatic heterocycles. The Labute approximate surface area is 271 Å². The van der Waals surface area contributed by atoms with Gasteiger partial charge in [-0.2, -0.15) is 5.10 Å². The van der Waals surface area contributed by atoms with Gasteiger partial charge in [-0.05, 0) is 88.9 Å². The lowest BCUT2D eigenvalue weighted by atomic mass is 10.1. The summed E-state index contributed by atoms with van der Waals surface area (Å²) in [5.41, 5.74) is 2.92. The zero-order chi connectivity index (χ0) is 31.1. The van der Waals surface area contributed by atoms with Crippen LogP contribution in [0.25, 0.3) is 11.4 Å². The molecule has 5 aromatic rings. The lowest BCUT2D eigenvalue weighted by Crippen LogP contribution is -2.41. The lowest BCUT2D eigenvalue weighted by Gasteiger charge is -2.28. The molecule has 7 rings (SSSR count). The van der Waals surface area contributed by atoms with Gasteiger partial charge in [-0.1, -0.05) is 29.8 Å². The van der Waals surface area contributed by atoms with Crippen LogP contribution in [0.5, 0.6) is 5.75 Å². The van der Waals surface area contributed by atoms with Gasteiger partial charge in [0.15, 0.2) is 0 Å². The Morgan fingerprint density at radius 1 is 1.02 bits per heavy atom. The Bertz CT molecular complexity index is 1960. The lowest BCUT2D eigenvalue weighted by molar-refractivity contribution is 0.0706. The molecule has 3 aromatic carbocycles. The fraction of sp³-hybridized carbons (Fsp3) is 0.212. The van der Waals surface area contributed by atoms with E-state index in [1.165, 1.54) is 4.57 Å². The van der Waals surface area contributed by atoms with Crippen LogP contribution in [0.2, 0.25) is 5.02 Å². The number of halogens is 2. The Kier molecular flexibility index (Phi) is 7.80. The SMILES string of the molecule is O=C(NCc1ccccc1-n1cccn1)c1c2n(c(=O)n1-c1ccc(OC3CC3)cc1)CCN(C(=O)c1ccc(Br)c(Cl)c1)C2. The number of carbonyl (C=O) groups is 2. The number of nitrogens with zero attached hydrogens (tertiary/aromatic N) is 5. The van der Waals surface area contributed by atoms with Crippen LogP contribution in [0.3, 0.4) is 0 Å². The third-order valence-corrected chi connectivity index (χ3v) is 9.18. The largest absolute Gasteiger partial charge is 0.490 e. The molecule has 3 heterocycles. The van der Waals surface area contributed by atoms with Gasteiger partial charge in [-0.25, -0.2) is 9.48 Å². The number of fused-ring (bicyclic) bond motifs is 1. The monoisotopic (exact) mass is 686 g/mol. The molecular weight excluding hydrogens is 660 g/mol. The molecule has 10 nitrogen and oxygen atoms in total. The molecule has 0 atom stereocenters. The number of amides is 2. The van der Waals surface area contributed by atoms with E-state index in [1.54, 1.807) is 50.7 Å². The Balaban J connectivity index is 1.24. The molecule has 45 heavy (non-hydrogen) atoms. The molecule has 0 spiro atoms. The number of para-hydroxylation sites is 1. The van der Waals surface area contributed by atoms with Crippen molar-refractivity contribution < 1.29 is 14.3 Å². The summed E-state index contributed by atoms with van der Waals surface area (Å²) in [5.74, 6) is 0.0387. The maximum Gasteiger partial charge on any atom is 0.333 e. The number of carbonyl (C=O) groups excluding carboxylic acids is 2. The summed E-state index contributed by atoms with van der Waals surface area (Å²) in [6, 6.07) is 21.7. The molecule has 1 aliphatic carbocycles. The molecule has 1 saturated carbocycles. The highest BCUT2D eigenvalue weighted by Gasteiger charge is 2.32. The van der Waals surface area contributed by atoms with E-state index in [2.05, 4.69) is 26.3 Å². The van der Waals surface area contributed by atoms with Gasteiger partial charge in [0.1, 0.15) is 11.4 Å². The molecule has 0 unspecified atom stereocenters. The number of hydrogen-bond acceptors (Lipinski definition) is 5. The Morgan fingerprint density at radius 2 is 1.82 bits per heavy atom. The standard InChI is InChI=1S/C33H28BrClN6O4/c34-26-13-6-21(18-27(26)35)32(43)38-16-17-39-29(20-38)30(41(33(39)44)23-7-9-24(10-8-23)45-25-11-12-25)31(42)36-19-22-4-1-2-5-28(22)40-15-3-14-37-40/h1-10,13-15,18,25H,11-12,16-17,19-20H2,(H,36,42). The van der Waals surface area contributed by atoms with Crippen molar-refractivity contribution in [2.24, 2.45) is 0 Å². The highest BCUT2D eigenvalue weighted by Crippen LogP contribution is 2.29. The Morgan fingerprint density at radius 3 is 2.56 bits per heavy atom. The Hall–Kier alpha value is -4.61. The number of hydrogen-bond donors (Lipinski definition) is 1. The first-order valence-corrected chi connectivity index (χ1v) is 15.8. The van der Waals surface area contributed by atoms with Gasteiger partial charge in [0.05, 0.1) is 34.7 Å². The van der Waals surface area contributed by atoms with Crippen LogP contribution < -0.4 is 15.7 Å². The number of benzene rings is 3. The highest BCUT2D eigenvalue weighted by molar-refractivity contribution is 9.10. The predicted octanol–water partition coefficient (Wildman–Crippen LogP) is 5.37. The van der Waals surface area contributed by atoms with Gasteiger partial charge < -0.3 is 15.0 Å². The number of ether oxygens (including phenoxy) is 1. The number of nitrogens with one attached hydrogen (secondary N) is 1. The van der Waals surface area contributed by atoms with Gasteiger partial charge in [-0.15, -0.1) is 0 Å². The van der Waals surface area contributed by atoms with E-state index in [0.717, 1.165) is 24.1 Å². The van der Waals surface area contributed by atoms with Crippen molar-refractivity contribution in [1.29, 1.82) is 0 Å². The van der Waals surface area contributed by atoms with Gasteiger partial charge >= 0.3 is 5.69 Å². The van der Waals surface area contributed by atoms with E-state index in [1.807, 2.05) is 48.7 Å². The van der Waals surface area contributed by atoms with Gasteiger partial charge in [0.2, 0.25) is 0 Å². The van der Waals surface area contributed by atoms with Gasteiger partial charge in [0, 0.05) is 42.1 Å². The van der Waals surface area contributed by atoms with Crippen LogP contribution in [-0.4, -0.2) is 48.3 Å². The fourth-order valence-electron chi connectivity index (χ4n) is 5.52. The molecule has 0 bridgehead atoms. The fourth-order valence-corrected chi connectivity index (χ4v) is 5.95. The van der Waals surface area contributed by atoms with Crippen molar-refractivity contribution in [3.05, 3.63) is 128 Å². The van der Waals surface area contributed by atoms with Crippen molar-refractivity contribution in [1.82, 2.24) is 29.1 Å². The summed E-state index contributed by atoms with van der Waals surface area (Å²) in [6.07, 6.45) is 5.82. The first-order valence-electron chi connectivity index (χ1n) is 14.6. The molecule has 1 N–H and O–H groups in total. The molecular formula is C33H28BrClN6O4. The number of aromatic nitrogens is 4. The van der Waals surface area contributed by atoms with Crippen molar-refractivity contribution in [3.63, 3.8) is 0 Å². The third-order valence-electron chi connectivity index (χ3n) is 7.95. The molecule has 0 radical (unpaired) electrons. The summed E-state index contributed by atoms with van der Waals surface area (Å²) >= 11 is 9.64. The van der Waals surface area contributed by atoms with Crippen molar-refractivity contribution in [2.45, 2.75) is 38.6 Å². The van der Waals surface area contributed by atoms with E-state index < -0.39 is 5.91 Å². The zero-order valence-electron chi connectivity index (χ0n) is 24.0. The van der Waals surface area contributed by atoms with Crippen LogP contribution in [0.15, 0.2) is 94.5 Å². The molecule has 2 amide bonds. The first kappa shape index (κ1) is 29.1. The zero-order valence-corrected chi connectivity index (χ0v) is 26.4. The van der Waals surface area contributed by atoms with E-state index >= 15 is 0 Å². The first-order chi connectivity index (χ1) is 21.9. The summed E-state index contributed by atoms with van der Waals surface area (Å²) in [6.45, 7) is 0.810. The average Bonchev–Trinajstić information content (AvgIpc) is 3.60. The van der Waals surface area contributed by atoms with E-state index in [4.69, 9.17) is 16.3 Å². The molecule has 0 saturated heterocycles. The average molecular weight is 688 g/mol. The normalized spacial score (nSPS) is 14.2. The second-order valence-electron chi connectivity index (χ2n) is 11.0.